The van der Waals surface area contributed by atoms with Crippen LogP contribution in [0.4, 0.5) is 5.69 Å². The van der Waals surface area contributed by atoms with Crippen LogP contribution < -0.4 is 10.1 Å². The van der Waals surface area contributed by atoms with Gasteiger partial charge in [0.25, 0.3) is 0 Å². The van der Waals surface area contributed by atoms with E-state index in [1.54, 1.807) is 0 Å². The van der Waals surface area contributed by atoms with Crippen molar-refractivity contribution in [3.8, 4) is 17.1 Å². The molecule has 1 N–H and O–H groups in total. The molecule has 0 unspecified atom stereocenters. The topological polar surface area (TPSA) is 59.9 Å². The lowest BCUT2D eigenvalue weighted by Gasteiger charge is -2.29. The second-order valence-corrected chi connectivity index (χ2v) is 7.04. The highest BCUT2D eigenvalue weighted by Crippen LogP contribution is 2.39. The molecule has 0 fully saturated rings. The molecule has 0 bridgehead atoms. The molecule has 0 amide bonds. The molecule has 1 aromatic carbocycles. The average Bonchev–Trinajstić information content (AvgIpc) is 2.78. The molecule has 2 aliphatic rings. The average molecular weight is 340 g/mol. The summed E-state index contributed by atoms with van der Waals surface area (Å²) in [6.07, 6.45) is 7.42. The van der Waals surface area contributed by atoms with Crippen molar-refractivity contribution in [2.75, 3.05) is 11.6 Å². The molecule has 5 nitrogen and oxygen atoms in total. The number of benzene rings is 1. The van der Waals surface area contributed by atoms with E-state index in [2.05, 4.69) is 39.6 Å². The fourth-order valence-electron chi connectivity index (χ4n) is 3.23. The van der Waals surface area contributed by atoms with E-state index >= 15 is 0 Å². The van der Waals surface area contributed by atoms with Crippen LogP contribution in [-0.2, 0) is 0 Å². The van der Waals surface area contributed by atoms with Gasteiger partial charge in [-0.3, -0.25) is 0 Å². The van der Waals surface area contributed by atoms with E-state index in [4.69, 9.17) is 4.74 Å². The molecule has 1 aromatic heterocycles. The quantitative estimate of drug-likeness (QED) is 0.655. The van der Waals surface area contributed by atoms with Crippen LogP contribution in [-0.4, -0.2) is 27.7 Å². The summed E-state index contributed by atoms with van der Waals surface area (Å²) < 4.78 is 6.29. The molecular formula is C18H20N4OS. The highest BCUT2D eigenvalue weighted by molar-refractivity contribution is 7.98. The summed E-state index contributed by atoms with van der Waals surface area (Å²) in [4.78, 5) is 4.56. The van der Waals surface area contributed by atoms with E-state index in [-0.39, 0.29) is 6.23 Å². The Hall–Kier alpha value is -2.08. The SMILES string of the molecule is CSc1nnc2c(n1)O[C@@H]([C@@H]1CC=C(C)CC1)Nc1ccccc1-2. The Balaban J connectivity index is 1.76. The van der Waals surface area contributed by atoms with E-state index in [0.717, 1.165) is 30.5 Å². The summed E-state index contributed by atoms with van der Waals surface area (Å²) in [6, 6.07) is 8.12. The zero-order valence-corrected chi connectivity index (χ0v) is 14.6. The Kier molecular flexibility index (Phi) is 4.14. The van der Waals surface area contributed by atoms with E-state index in [1.165, 1.54) is 17.3 Å². The van der Waals surface area contributed by atoms with Crippen LogP contribution in [0.2, 0.25) is 0 Å². The van der Waals surface area contributed by atoms with Crippen LogP contribution in [0.1, 0.15) is 26.2 Å². The molecular weight excluding hydrogens is 320 g/mol. The first-order valence-electron chi connectivity index (χ1n) is 8.21. The fraction of sp³-hybridized carbons (Fsp3) is 0.389. The number of rotatable bonds is 2. The minimum atomic E-state index is -0.108. The molecule has 2 heterocycles. The van der Waals surface area contributed by atoms with Gasteiger partial charge in [0.1, 0.15) is 0 Å². The van der Waals surface area contributed by atoms with Crippen molar-refractivity contribution in [3.63, 3.8) is 0 Å². The Labute approximate surface area is 145 Å². The molecule has 4 rings (SSSR count). The number of nitrogens with zero attached hydrogens (tertiary/aromatic N) is 3. The molecule has 0 radical (unpaired) electrons. The van der Waals surface area contributed by atoms with E-state index in [9.17, 15) is 0 Å². The predicted octanol–water partition coefficient (Wildman–Crippen LogP) is 4.14. The second-order valence-electron chi connectivity index (χ2n) is 6.27. The third kappa shape index (κ3) is 2.86. The monoisotopic (exact) mass is 340 g/mol. The maximum absolute atomic E-state index is 6.29. The van der Waals surface area contributed by atoms with Crippen molar-refractivity contribution >= 4 is 17.4 Å². The summed E-state index contributed by atoms with van der Waals surface area (Å²) >= 11 is 1.47. The number of allylic oxidation sites excluding steroid dienone is 2. The summed E-state index contributed by atoms with van der Waals surface area (Å²) in [7, 11) is 0. The maximum Gasteiger partial charge on any atom is 0.247 e. The van der Waals surface area contributed by atoms with Crippen molar-refractivity contribution in [2.45, 2.75) is 37.6 Å². The Bertz CT molecular complexity index is 792. The standard InChI is InChI=1S/C18H20N4OS/c1-11-7-9-12(10-8-11)16-19-14-6-4-3-5-13(14)15-17(23-16)20-18(24-2)22-21-15/h3-7,12,16,19H,8-10H2,1-2H3/t12-,16+/m1/s1. The number of hydrogen-bond acceptors (Lipinski definition) is 6. The molecule has 124 valence electrons. The molecule has 0 saturated carbocycles. The van der Waals surface area contributed by atoms with E-state index in [1.807, 2.05) is 24.5 Å². The van der Waals surface area contributed by atoms with Gasteiger partial charge in [-0.05, 0) is 38.5 Å². The minimum Gasteiger partial charge on any atom is -0.452 e. The highest BCUT2D eigenvalue weighted by atomic mass is 32.2. The molecule has 6 heteroatoms. The molecule has 1 aliphatic heterocycles. The van der Waals surface area contributed by atoms with Crippen LogP contribution in [0.5, 0.6) is 5.88 Å². The van der Waals surface area contributed by atoms with Gasteiger partial charge in [0.2, 0.25) is 11.0 Å². The Morgan fingerprint density at radius 1 is 1.25 bits per heavy atom. The molecule has 2 atom stereocenters. The summed E-state index contributed by atoms with van der Waals surface area (Å²) in [6.45, 7) is 2.20. The number of anilines is 1. The summed E-state index contributed by atoms with van der Waals surface area (Å²) in [5, 5.41) is 12.7. The summed E-state index contributed by atoms with van der Waals surface area (Å²) in [5.41, 5.74) is 4.20. The molecule has 2 aromatic rings. The number of nitrogens with one attached hydrogen (secondary N) is 1. The fourth-order valence-corrected chi connectivity index (χ4v) is 3.53. The summed E-state index contributed by atoms with van der Waals surface area (Å²) in [5.74, 6) is 0.989. The van der Waals surface area contributed by atoms with Gasteiger partial charge in [-0.25, -0.2) is 0 Å². The highest BCUT2D eigenvalue weighted by Gasteiger charge is 2.30. The van der Waals surface area contributed by atoms with E-state index < -0.39 is 0 Å². The lowest BCUT2D eigenvalue weighted by Crippen LogP contribution is -2.35. The molecule has 0 saturated heterocycles. The number of para-hydroxylation sites is 1. The van der Waals surface area contributed by atoms with Gasteiger partial charge in [0.15, 0.2) is 11.9 Å². The third-order valence-corrected chi connectivity index (χ3v) is 5.18. The van der Waals surface area contributed by atoms with Crippen LogP contribution in [0.3, 0.4) is 0 Å². The maximum atomic E-state index is 6.29. The molecule has 24 heavy (non-hydrogen) atoms. The number of fused-ring (bicyclic) bond motifs is 3. The first-order valence-corrected chi connectivity index (χ1v) is 9.44. The van der Waals surface area contributed by atoms with Gasteiger partial charge in [-0.15, -0.1) is 10.2 Å². The molecule has 1 aliphatic carbocycles. The third-order valence-electron chi connectivity index (χ3n) is 4.64. The van der Waals surface area contributed by atoms with Crippen LogP contribution in [0.25, 0.3) is 11.3 Å². The normalized spacial score (nSPS) is 22.3. The van der Waals surface area contributed by atoms with Crippen LogP contribution in [0, 0.1) is 5.92 Å². The minimum absolute atomic E-state index is 0.108. The van der Waals surface area contributed by atoms with Gasteiger partial charge in [-0.2, -0.15) is 4.98 Å². The first-order chi connectivity index (χ1) is 11.7. The van der Waals surface area contributed by atoms with Gasteiger partial charge >= 0.3 is 0 Å². The van der Waals surface area contributed by atoms with Gasteiger partial charge in [-0.1, -0.05) is 41.6 Å². The number of hydrogen-bond donors (Lipinski definition) is 1. The van der Waals surface area contributed by atoms with Gasteiger partial charge in [0, 0.05) is 17.2 Å². The van der Waals surface area contributed by atoms with Gasteiger partial charge in [0.05, 0.1) is 0 Å². The first kappa shape index (κ1) is 15.4. The lowest BCUT2D eigenvalue weighted by atomic mass is 9.89. The smallest absolute Gasteiger partial charge is 0.247 e. The van der Waals surface area contributed by atoms with Gasteiger partial charge < -0.3 is 10.1 Å². The van der Waals surface area contributed by atoms with Crippen molar-refractivity contribution in [2.24, 2.45) is 5.92 Å². The largest absolute Gasteiger partial charge is 0.452 e. The van der Waals surface area contributed by atoms with E-state index in [0.29, 0.717) is 22.6 Å². The second kappa shape index (κ2) is 6.43. The Morgan fingerprint density at radius 2 is 2.12 bits per heavy atom. The van der Waals surface area contributed by atoms with Crippen molar-refractivity contribution in [3.05, 3.63) is 35.9 Å². The van der Waals surface area contributed by atoms with Crippen LogP contribution in [0.15, 0.2) is 41.1 Å². The van der Waals surface area contributed by atoms with Crippen molar-refractivity contribution in [1.82, 2.24) is 15.2 Å². The predicted molar refractivity (Wildman–Crippen MR) is 96.2 cm³/mol. The Morgan fingerprint density at radius 3 is 2.92 bits per heavy atom. The molecule has 0 spiro atoms. The van der Waals surface area contributed by atoms with Crippen molar-refractivity contribution in [1.29, 1.82) is 0 Å². The number of thioether (sulfide) groups is 1. The number of aromatic nitrogens is 3. The zero-order chi connectivity index (χ0) is 16.5. The zero-order valence-electron chi connectivity index (χ0n) is 13.8. The lowest BCUT2D eigenvalue weighted by molar-refractivity contribution is 0.145. The van der Waals surface area contributed by atoms with Crippen LogP contribution >= 0.6 is 11.8 Å². The van der Waals surface area contributed by atoms with Crippen molar-refractivity contribution < 1.29 is 4.74 Å². The number of ether oxygens (including phenoxy) is 1.